The quantitative estimate of drug-likeness (QED) is 0.281. The van der Waals surface area contributed by atoms with Crippen LogP contribution in [0.25, 0.3) is 33.2 Å². The zero-order valence-corrected chi connectivity index (χ0v) is 17.9. The molecule has 0 aliphatic carbocycles. The van der Waals surface area contributed by atoms with E-state index in [9.17, 15) is 4.79 Å². The zero-order chi connectivity index (χ0) is 21.2. The van der Waals surface area contributed by atoms with Crippen molar-refractivity contribution in [2.75, 3.05) is 0 Å². The Bertz CT molecular complexity index is 1400. The lowest BCUT2D eigenvalue weighted by Gasteiger charge is -2.14. The molecule has 3 heteroatoms. The summed E-state index contributed by atoms with van der Waals surface area (Å²) in [5.74, 6) is 0. The maximum Gasteiger partial charge on any atom is 0.351 e. The second kappa shape index (κ2) is 8.29. The molecule has 0 aliphatic heterocycles. The number of rotatable bonds is 4. The summed E-state index contributed by atoms with van der Waals surface area (Å²) < 4.78 is 5.96. The first-order valence-corrected chi connectivity index (χ1v) is 11.0. The van der Waals surface area contributed by atoms with Gasteiger partial charge in [0.25, 0.3) is 0 Å². The maximum atomic E-state index is 13.3. The van der Waals surface area contributed by atoms with Crippen LogP contribution in [0.15, 0.2) is 122 Å². The molecule has 4 aromatic carbocycles. The third-order valence-electron chi connectivity index (χ3n) is 5.28. The van der Waals surface area contributed by atoms with Crippen LogP contribution in [0.1, 0.15) is 5.56 Å². The van der Waals surface area contributed by atoms with Crippen molar-refractivity contribution in [2.45, 2.75) is 16.7 Å². The molecule has 0 atom stereocenters. The molecule has 31 heavy (non-hydrogen) atoms. The minimum absolute atomic E-state index is 0.319. The molecule has 0 aliphatic rings. The first kappa shape index (κ1) is 19.4. The molecule has 1 aromatic heterocycles. The third-order valence-corrected chi connectivity index (χ3v) is 6.36. The number of fused-ring (bicyclic) bond motifs is 1. The standard InChI is InChI=1S/C28H20O2S/c1-19-15-17-22(18-16-19)31-27-25(21-11-6-3-7-12-21)24-14-8-13-23(26(24)30-28(27)29)20-9-4-2-5-10-20/h2-18H,1H3. The van der Waals surface area contributed by atoms with Crippen LogP contribution in [-0.2, 0) is 0 Å². The van der Waals surface area contributed by atoms with Gasteiger partial charge in [0.15, 0.2) is 0 Å². The number of aryl methyl sites for hydroxylation is 1. The summed E-state index contributed by atoms with van der Waals surface area (Å²) in [4.78, 5) is 14.9. The molecule has 0 amide bonds. The number of para-hydroxylation sites is 1. The van der Waals surface area contributed by atoms with Crippen molar-refractivity contribution >= 4 is 22.7 Å². The second-order valence-electron chi connectivity index (χ2n) is 7.42. The van der Waals surface area contributed by atoms with Gasteiger partial charge in [-0.15, -0.1) is 0 Å². The lowest BCUT2D eigenvalue weighted by atomic mass is 9.97. The van der Waals surface area contributed by atoms with Crippen molar-refractivity contribution in [1.29, 1.82) is 0 Å². The number of benzene rings is 4. The molecule has 1 heterocycles. The summed E-state index contributed by atoms with van der Waals surface area (Å²) in [7, 11) is 0. The van der Waals surface area contributed by atoms with Gasteiger partial charge in [0.2, 0.25) is 0 Å². The van der Waals surface area contributed by atoms with Crippen molar-refractivity contribution in [3.63, 3.8) is 0 Å². The van der Waals surface area contributed by atoms with Crippen LogP contribution < -0.4 is 5.63 Å². The van der Waals surface area contributed by atoms with E-state index in [0.29, 0.717) is 10.5 Å². The summed E-state index contributed by atoms with van der Waals surface area (Å²) >= 11 is 1.45. The Labute approximate surface area is 185 Å². The Hall–Kier alpha value is -3.56. The summed E-state index contributed by atoms with van der Waals surface area (Å²) in [6, 6.07) is 34.4. The molecular formula is C28H20O2S. The van der Waals surface area contributed by atoms with E-state index in [1.165, 1.54) is 17.3 Å². The minimum atomic E-state index is -0.319. The van der Waals surface area contributed by atoms with E-state index in [1.807, 2.05) is 91.0 Å². The van der Waals surface area contributed by atoms with Gasteiger partial charge in [0.05, 0.1) is 0 Å². The Morgan fingerprint density at radius 1 is 0.677 bits per heavy atom. The van der Waals surface area contributed by atoms with Gasteiger partial charge in [-0.05, 0) is 30.2 Å². The molecule has 5 aromatic rings. The fourth-order valence-electron chi connectivity index (χ4n) is 3.76. The molecule has 5 rings (SSSR count). The van der Waals surface area contributed by atoms with E-state index in [-0.39, 0.29) is 5.63 Å². The van der Waals surface area contributed by atoms with Crippen molar-refractivity contribution in [3.8, 4) is 22.3 Å². The van der Waals surface area contributed by atoms with Crippen LogP contribution in [0.5, 0.6) is 0 Å². The molecule has 0 fully saturated rings. The van der Waals surface area contributed by atoms with Gasteiger partial charge in [-0.1, -0.05) is 108 Å². The fraction of sp³-hybridized carbons (Fsp3) is 0.0357. The smallest absolute Gasteiger partial charge is 0.351 e. The summed E-state index contributed by atoms with van der Waals surface area (Å²) in [6.45, 7) is 2.05. The van der Waals surface area contributed by atoms with E-state index >= 15 is 0 Å². The van der Waals surface area contributed by atoms with Crippen LogP contribution in [0.2, 0.25) is 0 Å². The first-order chi connectivity index (χ1) is 15.2. The highest BCUT2D eigenvalue weighted by Crippen LogP contribution is 2.40. The average Bonchev–Trinajstić information content (AvgIpc) is 2.82. The highest BCUT2D eigenvalue weighted by atomic mass is 32.2. The minimum Gasteiger partial charge on any atom is -0.421 e. The van der Waals surface area contributed by atoms with E-state index in [0.717, 1.165) is 32.5 Å². The predicted molar refractivity (Wildman–Crippen MR) is 129 cm³/mol. The maximum absolute atomic E-state index is 13.3. The van der Waals surface area contributed by atoms with Crippen LogP contribution in [0.4, 0.5) is 0 Å². The van der Waals surface area contributed by atoms with E-state index < -0.39 is 0 Å². The molecule has 0 saturated heterocycles. The fourth-order valence-corrected chi connectivity index (χ4v) is 4.72. The molecule has 150 valence electrons. The van der Waals surface area contributed by atoms with Crippen molar-refractivity contribution in [2.24, 2.45) is 0 Å². The highest BCUT2D eigenvalue weighted by Gasteiger charge is 2.19. The zero-order valence-electron chi connectivity index (χ0n) is 17.0. The van der Waals surface area contributed by atoms with E-state index in [4.69, 9.17) is 4.42 Å². The third kappa shape index (κ3) is 3.80. The predicted octanol–water partition coefficient (Wildman–Crippen LogP) is 7.59. The van der Waals surface area contributed by atoms with Gasteiger partial charge in [-0.25, -0.2) is 4.79 Å². The van der Waals surface area contributed by atoms with Gasteiger partial charge >= 0.3 is 5.63 Å². The largest absolute Gasteiger partial charge is 0.421 e. The van der Waals surface area contributed by atoms with Crippen LogP contribution in [-0.4, -0.2) is 0 Å². The normalized spacial score (nSPS) is 11.0. The number of hydrogen-bond donors (Lipinski definition) is 0. The van der Waals surface area contributed by atoms with Crippen LogP contribution in [0, 0.1) is 6.92 Å². The monoisotopic (exact) mass is 420 g/mol. The lowest BCUT2D eigenvalue weighted by Crippen LogP contribution is -2.05. The van der Waals surface area contributed by atoms with Gasteiger partial charge in [0, 0.05) is 21.4 Å². The lowest BCUT2D eigenvalue weighted by molar-refractivity contribution is 0.545. The highest BCUT2D eigenvalue weighted by molar-refractivity contribution is 7.99. The van der Waals surface area contributed by atoms with Gasteiger partial charge in [-0.2, -0.15) is 0 Å². The molecule has 0 spiro atoms. The molecule has 0 bridgehead atoms. The van der Waals surface area contributed by atoms with Gasteiger partial charge < -0.3 is 4.42 Å². The van der Waals surface area contributed by atoms with Crippen molar-refractivity contribution in [3.05, 3.63) is 119 Å². The molecule has 0 N–H and O–H groups in total. The van der Waals surface area contributed by atoms with E-state index in [2.05, 4.69) is 19.1 Å². The Kier molecular flexibility index (Phi) is 5.19. The van der Waals surface area contributed by atoms with Gasteiger partial charge in [-0.3, -0.25) is 0 Å². The second-order valence-corrected chi connectivity index (χ2v) is 8.51. The first-order valence-electron chi connectivity index (χ1n) is 10.2. The molecule has 0 radical (unpaired) electrons. The Balaban J connectivity index is 1.80. The Morgan fingerprint density at radius 2 is 1.32 bits per heavy atom. The summed E-state index contributed by atoms with van der Waals surface area (Å²) in [6.07, 6.45) is 0. The molecule has 2 nitrogen and oxygen atoms in total. The number of hydrogen-bond acceptors (Lipinski definition) is 3. The topological polar surface area (TPSA) is 30.2 Å². The average molecular weight is 421 g/mol. The van der Waals surface area contributed by atoms with Gasteiger partial charge in [0.1, 0.15) is 10.5 Å². The molecular weight excluding hydrogens is 400 g/mol. The Morgan fingerprint density at radius 3 is 2.00 bits per heavy atom. The van der Waals surface area contributed by atoms with E-state index in [1.54, 1.807) is 0 Å². The molecule has 0 unspecified atom stereocenters. The summed E-state index contributed by atoms with van der Waals surface area (Å²) in [5.41, 5.74) is 5.33. The van der Waals surface area contributed by atoms with Crippen molar-refractivity contribution < 1.29 is 4.42 Å². The molecule has 0 saturated carbocycles. The van der Waals surface area contributed by atoms with Crippen LogP contribution >= 0.6 is 11.8 Å². The van der Waals surface area contributed by atoms with Crippen molar-refractivity contribution in [1.82, 2.24) is 0 Å². The van der Waals surface area contributed by atoms with Crippen LogP contribution in [0.3, 0.4) is 0 Å². The summed E-state index contributed by atoms with van der Waals surface area (Å²) in [5, 5.41) is 0.932. The SMILES string of the molecule is Cc1ccc(Sc2c(-c3ccccc3)c3cccc(-c4ccccc4)c3oc2=O)cc1.